The van der Waals surface area contributed by atoms with Crippen molar-refractivity contribution in [3.63, 3.8) is 0 Å². The summed E-state index contributed by atoms with van der Waals surface area (Å²) in [4.78, 5) is 4.26. The molecule has 1 heterocycles. The van der Waals surface area contributed by atoms with Crippen molar-refractivity contribution in [3.8, 4) is 0 Å². The van der Waals surface area contributed by atoms with E-state index >= 15 is 0 Å². The maximum atomic E-state index is 5.03. The molecule has 1 rings (SSSR count). The molecular weight excluding hydrogens is 126 g/mol. The minimum absolute atomic E-state index is 0.864. The molecule has 0 aliphatic carbocycles. The molecule has 0 N–H and O–H groups in total. The van der Waals surface area contributed by atoms with Crippen molar-refractivity contribution in [2.24, 2.45) is 4.99 Å². The molecule has 0 radical (unpaired) electrons. The summed E-state index contributed by atoms with van der Waals surface area (Å²) in [5.74, 6) is 0.864. The highest BCUT2D eigenvalue weighted by Gasteiger charge is 2.07. The highest BCUT2D eigenvalue weighted by Crippen LogP contribution is 2.17. The predicted molar refractivity (Wildman–Crippen MR) is 42.1 cm³/mol. The maximum Gasteiger partial charge on any atom is 0.188 e. The van der Waals surface area contributed by atoms with Crippen LogP contribution in [0.15, 0.2) is 16.3 Å². The molecule has 0 unspecified atom stereocenters. The van der Waals surface area contributed by atoms with E-state index < -0.39 is 0 Å². The number of ether oxygens (including phenoxy) is 1. The monoisotopic (exact) mass is 139 g/mol. The third-order valence-corrected chi connectivity index (χ3v) is 1.86. The number of aliphatic imine (C=N–C) groups is 1. The second kappa shape index (κ2) is 2.86. The lowest BCUT2D eigenvalue weighted by atomic mass is 10.1. The topological polar surface area (TPSA) is 21.6 Å². The van der Waals surface area contributed by atoms with E-state index in [0.717, 1.165) is 24.4 Å². The van der Waals surface area contributed by atoms with E-state index in [1.165, 1.54) is 5.57 Å². The van der Waals surface area contributed by atoms with Crippen LogP contribution in [0, 0.1) is 0 Å². The summed E-state index contributed by atoms with van der Waals surface area (Å²) >= 11 is 0. The summed E-state index contributed by atoms with van der Waals surface area (Å²) in [6.07, 6.45) is 2.05. The van der Waals surface area contributed by atoms with Gasteiger partial charge < -0.3 is 4.74 Å². The Balaban J connectivity index is 2.76. The van der Waals surface area contributed by atoms with E-state index in [2.05, 4.69) is 11.9 Å². The molecule has 0 saturated heterocycles. The van der Waals surface area contributed by atoms with Gasteiger partial charge in [-0.2, -0.15) is 0 Å². The van der Waals surface area contributed by atoms with Gasteiger partial charge in [0.1, 0.15) is 0 Å². The van der Waals surface area contributed by atoms with Gasteiger partial charge in [0, 0.05) is 12.1 Å². The lowest BCUT2D eigenvalue weighted by Crippen LogP contribution is -2.06. The van der Waals surface area contributed by atoms with Crippen LogP contribution in [0.1, 0.15) is 26.7 Å². The van der Waals surface area contributed by atoms with E-state index in [0.29, 0.717) is 0 Å². The number of allylic oxidation sites excluding steroid dienone is 2. The second-order valence-corrected chi connectivity index (χ2v) is 2.58. The van der Waals surface area contributed by atoms with Gasteiger partial charge in [0.25, 0.3) is 0 Å². The number of nitrogens with zero attached hydrogens (tertiary/aromatic N) is 1. The van der Waals surface area contributed by atoms with Gasteiger partial charge in [-0.05, 0) is 20.3 Å². The first-order chi connectivity index (χ1) is 4.74. The van der Waals surface area contributed by atoms with Gasteiger partial charge in [-0.1, -0.05) is 5.57 Å². The van der Waals surface area contributed by atoms with Crippen LogP contribution in [0.5, 0.6) is 0 Å². The molecule has 0 aromatic heterocycles. The Labute approximate surface area is 61.6 Å². The standard InChI is InChI=1S/C8H13NO/c1-6-4-5-8(10-3)9-7(6)2/h4-5H2,1-3H3. The van der Waals surface area contributed by atoms with Gasteiger partial charge in [0.15, 0.2) is 5.90 Å². The fraction of sp³-hybridized carbons (Fsp3) is 0.625. The minimum Gasteiger partial charge on any atom is -0.484 e. The molecule has 1 aliphatic heterocycles. The largest absolute Gasteiger partial charge is 0.484 e. The van der Waals surface area contributed by atoms with E-state index in [1.807, 2.05) is 6.92 Å². The molecule has 10 heavy (non-hydrogen) atoms. The minimum atomic E-state index is 0.864. The summed E-state index contributed by atoms with van der Waals surface area (Å²) < 4.78 is 5.03. The first kappa shape index (κ1) is 7.32. The summed E-state index contributed by atoms with van der Waals surface area (Å²) in [6.45, 7) is 4.14. The highest BCUT2D eigenvalue weighted by atomic mass is 16.5. The Hall–Kier alpha value is -0.790. The first-order valence-electron chi connectivity index (χ1n) is 3.52. The SMILES string of the molecule is COC1=NC(C)=C(C)CC1. The average Bonchev–Trinajstić information content (AvgIpc) is 1.95. The number of hydrogen-bond acceptors (Lipinski definition) is 2. The third kappa shape index (κ3) is 1.38. The maximum absolute atomic E-state index is 5.03. The van der Waals surface area contributed by atoms with Crippen molar-refractivity contribution in [2.75, 3.05) is 7.11 Å². The van der Waals surface area contributed by atoms with Crippen LogP contribution in [-0.4, -0.2) is 13.0 Å². The number of rotatable bonds is 0. The molecule has 0 spiro atoms. The van der Waals surface area contributed by atoms with Gasteiger partial charge in [-0.3, -0.25) is 0 Å². The summed E-state index contributed by atoms with van der Waals surface area (Å²) in [6, 6.07) is 0. The van der Waals surface area contributed by atoms with Gasteiger partial charge >= 0.3 is 0 Å². The van der Waals surface area contributed by atoms with Crippen LogP contribution in [0.4, 0.5) is 0 Å². The van der Waals surface area contributed by atoms with Crippen LogP contribution in [-0.2, 0) is 4.74 Å². The second-order valence-electron chi connectivity index (χ2n) is 2.58. The van der Waals surface area contributed by atoms with E-state index in [-0.39, 0.29) is 0 Å². The summed E-state index contributed by atoms with van der Waals surface area (Å²) in [5.41, 5.74) is 2.49. The van der Waals surface area contributed by atoms with Crippen molar-refractivity contribution < 1.29 is 4.74 Å². The molecule has 2 heteroatoms. The molecule has 0 saturated carbocycles. The van der Waals surface area contributed by atoms with Crippen LogP contribution in [0.2, 0.25) is 0 Å². The summed E-state index contributed by atoms with van der Waals surface area (Å²) in [7, 11) is 1.67. The van der Waals surface area contributed by atoms with E-state index in [9.17, 15) is 0 Å². The number of methoxy groups -OCH3 is 1. The van der Waals surface area contributed by atoms with Crippen LogP contribution >= 0.6 is 0 Å². The fourth-order valence-electron chi connectivity index (χ4n) is 0.961. The van der Waals surface area contributed by atoms with Crippen molar-refractivity contribution in [1.29, 1.82) is 0 Å². The molecule has 56 valence electrons. The molecular formula is C8H13NO. The smallest absolute Gasteiger partial charge is 0.188 e. The van der Waals surface area contributed by atoms with Gasteiger partial charge in [-0.15, -0.1) is 0 Å². The predicted octanol–water partition coefficient (Wildman–Crippen LogP) is 2.12. The Morgan fingerprint density at radius 3 is 2.50 bits per heavy atom. The van der Waals surface area contributed by atoms with Crippen molar-refractivity contribution >= 4 is 5.90 Å². The average molecular weight is 139 g/mol. The lowest BCUT2D eigenvalue weighted by Gasteiger charge is -2.12. The van der Waals surface area contributed by atoms with Crippen molar-refractivity contribution in [3.05, 3.63) is 11.3 Å². The zero-order valence-electron chi connectivity index (χ0n) is 6.77. The molecule has 0 atom stereocenters. The molecule has 0 aromatic rings. The Morgan fingerprint density at radius 1 is 1.30 bits per heavy atom. The quantitative estimate of drug-likeness (QED) is 0.503. The van der Waals surface area contributed by atoms with E-state index in [1.54, 1.807) is 7.11 Å². The van der Waals surface area contributed by atoms with Crippen molar-refractivity contribution in [2.45, 2.75) is 26.7 Å². The zero-order chi connectivity index (χ0) is 7.56. The Bertz CT molecular complexity index is 191. The molecule has 0 amide bonds. The molecule has 1 aliphatic rings. The van der Waals surface area contributed by atoms with Crippen LogP contribution in [0.25, 0.3) is 0 Å². The van der Waals surface area contributed by atoms with Crippen LogP contribution < -0.4 is 0 Å². The first-order valence-corrected chi connectivity index (χ1v) is 3.52. The molecule has 2 nitrogen and oxygen atoms in total. The molecule has 0 bridgehead atoms. The summed E-state index contributed by atoms with van der Waals surface area (Å²) in [5, 5.41) is 0. The Kier molecular flexibility index (Phi) is 2.10. The van der Waals surface area contributed by atoms with E-state index in [4.69, 9.17) is 4.74 Å². The number of hydrogen-bond donors (Lipinski definition) is 0. The third-order valence-electron chi connectivity index (χ3n) is 1.86. The van der Waals surface area contributed by atoms with Gasteiger partial charge in [0.05, 0.1) is 7.11 Å². The molecule has 0 aromatic carbocycles. The zero-order valence-corrected chi connectivity index (χ0v) is 6.77. The Morgan fingerprint density at radius 2 is 2.00 bits per heavy atom. The lowest BCUT2D eigenvalue weighted by molar-refractivity contribution is 0.387. The fourth-order valence-corrected chi connectivity index (χ4v) is 0.961. The molecule has 0 fully saturated rings. The van der Waals surface area contributed by atoms with Gasteiger partial charge in [0.2, 0.25) is 0 Å². The van der Waals surface area contributed by atoms with Gasteiger partial charge in [-0.25, -0.2) is 4.99 Å². The van der Waals surface area contributed by atoms with Crippen molar-refractivity contribution in [1.82, 2.24) is 0 Å². The normalized spacial score (nSPS) is 18.9. The van der Waals surface area contributed by atoms with Crippen LogP contribution in [0.3, 0.4) is 0 Å². The highest BCUT2D eigenvalue weighted by molar-refractivity contribution is 5.78.